The third-order valence-corrected chi connectivity index (χ3v) is 6.20. The Morgan fingerprint density at radius 3 is 2.26 bits per heavy atom. The molecular weight excluding hydrogens is 312 g/mol. The molecule has 6 atom stereocenters. The molecule has 1 aromatic rings. The van der Waals surface area contributed by atoms with Gasteiger partial charge in [-0.15, -0.1) is 0 Å². The second-order valence-corrected chi connectivity index (χ2v) is 7.32. The molecule has 0 spiro atoms. The second kappa shape index (κ2) is 4.54. The van der Waals surface area contributed by atoms with E-state index in [-0.39, 0.29) is 35.5 Å². The molecule has 116 valence electrons. The molecule has 6 unspecified atom stereocenters. The smallest absolute Gasteiger partial charge is 0.254 e. The van der Waals surface area contributed by atoms with Gasteiger partial charge in [0.05, 0.1) is 18.1 Å². The molecule has 1 aromatic carbocycles. The number of hydrogen-bond acceptors (Lipinski definition) is 3. The molecule has 2 bridgehead atoms. The summed E-state index contributed by atoms with van der Waals surface area (Å²) in [5, 5.41) is 5.81. The van der Waals surface area contributed by atoms with Crippen LogP contribution in [0.4, 0.5) is 0 Å². The molecule has 0 aromatic heterocycles. The Morgan fingerprint density at radius 2 is 1.65 bits per heavy atom. The van der Waals surface area contributed by atoms with E-state index in [2.05, 4.69) is 17.3 Å². The Labute approximate surface area is 138 Å². The molecule has 23 heavy (non-hydrogen) atoms. The van der Waals surface area contributed by atoms with Crippen LogP contribution in [0.25, 0.3) is 0 Å². The summed E-state index contributed by atoms with van der Waals surface area (Å²) in [4.78, 5) is 25.5. The lowest BCUT2D eigenvalue weighted by Crippen LogP contribution is -2.40. The largest absolute Gasteiger partial charge is 0.272 e. The van der Waals surface area contributed by atoms with Crippen LogP contribution in [0.3, 0.4) is 0 Å². The van der Waals surface area contributed by atoms with E-state index >= 15 is 0 Å². The predicted molar refractivity (Wildman–Crippen MR) is 85.6 cm³/mol. The van der Waals surface area contributed by atoms with Gasteiger partial charge in [-0.3, -0.25) is 9.59 Å². The molecule has 1 aliphatic heterocycles. The summed E-state index contributed by atoms with van der Waals surface area (Å²) in [6, 6.07) is 7.24. The number of benzene rings is 1. The highest BCUT2D eigenvalue weighted by Gasteiger charge is 2.67. The molecule has 1 saturated heterocycles. The van der Waals surface area contributed by atoms with Crippen LogP contribution >= 0.6 is 11.6 Å². The van der Waals surface area contributed by atoms with Crippen LogP contribution < -0.4 is 0 Å². The van der Waals surface area contributed by atoms with E-state index in [0.717, 1.165) is 5.01 Å². The molecular formula is C18H15ClN2O2. The predicted octanol–water partition coefficient (Wildman–Crippen LogP) is 2.73. The van der Waals surface area contributed by atoms with E-state index < -0.39 is 0 Å². The van der Waals surface area contributed by atoms with Crippen molar-refractivity contribution < 1.29 is 9.59 Å². The van der Waals surface area contributed by atoms with Gasteiger partial charge < -0.3 is 0 Å². The van der Waals surface area contributed by atoms with Gasteiger partial charge in [0.2, 0.25) is 0 Å². The van der Waals surface area contributed by atoms with Crippen molar-refractivity contribution in [1.82, 2.24) is 5.01 Å². The number of amides is 2. The van der Waals surface area contributed by atoms with Gasteiger partial charge in [0, 0.05) is 10.6 Å². The summed E-state index contributed by atoms with van der Waals surface area (Å²) in [6.45, 7) is 0. The number of imide groups is 1. The highest BCUT2D eigenvalue weighted by Crippen LogP contribution is 2.65. The first-order valence-corrected chi connectivity index (χ1v) is 8.39. The van der Waals surface area contributed by atoms with Crippen molar-refractivity contribution in [3.05, 3.63) is 47.0 Å². The molecule has 6 rings (SSSR count). The average Bonchev–Trinajstić information content (AvgIpc) is 3.33. The maximum atomic E-state index is 12.7. The maximum absolute atomic E-state index is 12.7. The highest BCUT2D eigenvalue weighted by molar-refractivity contribution is 6.33. The molecule has 5 aliphatic rings. The van der Waals surface area contributed by atoms with Crippen molar-refractivity contribution in [2.45, 2.75) is 6.42 Å². The first kappa shape index (κ1) is 13.5. The minimum Gasteiger partial charge on any atom is -0.272 e. The van der Waals surface area contributed by atoms with Gasteiger partial charge in [-0.25, -0.2) is 0 Å². The lowest BCUT2D eigenvalue weighted by molar-refractivity contribution is -0.140. The van der Waals surface area contributed by atoms with Crippen LogP contribution in [0.15, 0.2) is 41.5 Å². The maximum Gasteiger partial charge on any atom is 0.254 e. The van der Waals surface area contributed by atoms with Crippen molar-refractivity contribution in [3.63, 3.8) is 0 Å². The van der Waals surface area contributed by atoms with E-state index in [1.54, 1.807) is 6.07 Å². The van der Waals surface area contributed by atoms with Crippen molar-refractivity contribution >= 4 is 29.6 Å². The highest BCUT2D eigenvalue weighted by atomic mass is 35.5. The van der Waals surface area contributed by atoms with Gasteiger partial charge in [-0.2, -0.15) is 10.1 Å². The Morgan fingerprint density at radius 1 is 1.04 bits per heavy atom. The molecule has 3 fully saturated rings. The van der Waals surface area contributed by atoms with E-state index in [1.807, 2.05) is 18.2 Å². The number of rotatable bonds is 2. The monoisotopic (exact) mass is 326 g/mol. The van der Waals surface area contributed by atoms with Crippen LogP contribution in [0, 0.1) is 35.5 Å². The third-order valence-electron chi connectivity index (χ3n) is 5.86. The Bertz CT molecular complexity index is 751. The number of allylic oxidation sites excluding steroid dienone is 2. The summed E-state index contributed by atoms with van der Waals surface area (Å²) < 4.78 is 0. The molecule has 0 N–H and O–H groups in total. The van der Waals surface area contributed by atoms with Gasteiger partial charge in [-0.1, -0.05) is 42.0 Å². The quantitative estimate of drug-likeness (QED) is 0.476. The number of nitrogens with zero attached hydrogens (tertiary/aromatic N) is 2. The zero-order chi connectivity index (χ0) is 15.7. The van der Waals surface area contributed by atoms with Crippen LogP contribution in [0.2, 0.25) is 5.02 Å². The summed E-state index contributed by atoms with van der Waals surface area (Å²) in [5.41, 5.74) is 0.702. The van der Waals surface area contributed by atoms with Gasteiger partial charge in [0.15, 0.2) is 0 Å². The summed E-state index contributed by atoms with van der Waals surface area (Å²) in [6.07, 6.45) is 6.99. The van der Waals surface area contributed by atoms with Crippen LogP contribution in [0.5, 0.6) is 0 Å². The number of carbonyl (C=O) groups is 2. The SMILES string of the molecule is O=C1C2C3C=CC(C4CC34)C2C(=O)N1N=Cc1ccccc1Cl. The van der Waals surface area contributed by atoms with Crippen molar-refractivity contribution in [2.75, 3.05) is 0 Å². The number of carbonyl (C=O) groups excluding carboxylic acids is 2. The summed E-state index contributed by atoms with van der Waals surface area (Å²) >= 11 is 6.10. The number of hydrogen-bond donors (Lipinski definition) is 0. The lowest BCUT2D eigenvalue weighted by atomic mass is 9.63. The molecule has 2 amide bonds. The van der Waals surface area contributed by atoms with Gasteiger partial charge in [-0.05, 0) is 36.2 Å². The lowest BCUT2D eigenvalue weighted by Gasteiger charge is -2.37. The Hall–Kier alpha value is -1.94. The van der Waals surface area contributed by atoms with Crippen LogP contribution in [-0.4, -0.2) is 23.0 Å². The van der Waals surface area contributed by atoms with Crippen molar-refractivity contribution in [3.8, 4) is 0 Å². The molecule has 5 heteroatoms. The summed E-state index contributed by atoms with van der Waals surface area (Å²) in [5.74, 6) is 0.972. The number of halogens is 1. The number of hydrazone groups is 1. The second-order valence-electron chi connectivity index (χ2n) is 6.91. The van der Waals surface area contributed by atoms with E-state index in [9.17, 15) is 9.59 Å². The first-order valence-electron chi connectivity index (χ1n) is 8.01. The molecule has 1 heterocycles. The standard InChI is InChI=1S/C18H15ClN2O2/c19-14-4-2-1-3-9(14)8-20-21-17(22)15-10-5-6-11(13-7-12(10)13)16(15)18(21)23/h1-6,8,10-13,15-16H,7H2. The minimum atomic E-state index is -0.204. The molecule has 0 radical (unpaired) electrons. The van der Waals surface area contributed by atoms with Gasteiger partial charge >= 0.3 is 0 Å². The Balaban J connectivity index is 1.47. The first-order chi connectivity index (χ1) is 11.2. The van der Waals surface area contributed by atoms with E-state index in [1.165, 1.54) is 12.6 Å². The van der Waals surface area contributed by atoms with Crippen LogP contribution in [0.1, 0.15) is 12.0 Å². The fourth-order valence-corrected chi connectivity index (χ4v) is 4.94. The Kier molecular flexibility index (Phi) is 2.66. The average molecular weight is 327 g/mol. The van der Waals surface area contributed by atoms with Crippen molar-refractivity contribution in [1.29, 1.82) is 0 Å². The van der Waals surface area contributed by atoms with Crippen LogP contribution in [-0.2, 0) is 9.59 Å². The molecule has 4 nitrogen and oxygen atoms in total. The minimum absolute atomic E-state index is 0.145. The fourth-order valence-electron chi connectivity index (χ4n) is 4.75. The topological polar surface area (TPSA) is 49.7 Å². The molecule has 2 saturated carbocycles. The zero-order valence-corrected chi connectivity index (χ0v) is 13.1. The third kappa shape index (κ3) is 1.75. The van der Waals surface area contributed by atoms with Crippen molar-refractivity contribution in [2.24, 2.45) is 40.6 Å². The molecule has 4 aliphatic carbocycles. The normalized spacial score (nSPS) is 40.0. The zero-order valence-electron chi connectivity index (χ0n) is 12.3. The van der Waals surface area contributed by atoms with E-state index in [0.29, 0.717) is 22.4 Å². The van der Waals surface area contributed by atoms with Gasteiger partial charge in [0.1, 0.15) is 0 Å². The van der Waals surface area contributed by atoms with Gasteiger partial charge in [0.25, 0.3) is 11.8 Å². The summed E-state index contributed by atoms with van der Waals surface area (Å²) in [7, 11) is 0. The fraction of sp³-hybridized carbons (Fsp3) is 0.389. The van der Waals surface area contributed by atoms with E-state index in [4.69, 9.17) is 11.6 Å².